The summed E-state index contributed by atoms with van der Waals surface area (Å²) in [5.74, 6) is 1.74. The highest BCUT2D eigenvalue weighted by Gasteiger charge is 2.28. The molecule has 0 radical (unpaired) electrons. The van der Waals surface area contributed by atoms with E-state index in [0.29, 0.717) is 6.42 Å². The van der Waals surface area contributed by atoms with Crippen LogP contribution in [0.5, 0.6) is 17.2 Å². The van der Waals surface area contributed by atoms with Gasteiger partial charge in [-0.3, -0.25) is 10.3 Å². The third-order valence-electron chi connectivity index (χ3n) is 5.30. The van der Waals surface area contributed by atoms with E-state index < -0.39 is 0 Å². The van der Waals surface area contributed by atoms with Crippen LogP contribution in [0, 0.1) is 0 Å². The van der Waals surface area contributed by atoms with Gasteiger partial charge in [0.1, 0.15) is 11.9 Å². The molecule has 30 heavy (non-hydrogen) atoms. The van der Waals surface area contributed by atoms with Crippen molar-refractivity contribution in [3.05, 3.63) is 86.3 Å². The van der Waals surface area contributed by atoms with Crippen LogP contribution in [-0.2, 0) is 0 Å². The summed E-state index contributed by atoms with van der Waals surface area (Å²) in [5.41, 5.74) is 3.82. The van der Waals surface area contributed by atoms with Gasteiger partial charge in [-0.15, -0.1) is 0 Å². The van der Waals surface area contributed by atoms with Gasteiger partial charge in [-0.1, -0.05) is 44.0 Å². The fourth-order valence-electron chi connectivity index (χ4n) is 3.78. The molecule has 7 heteroatoms. The van der Waals surface area contributed by atoms with Crippen molar-refractivity contribution in [1.82, 2.24) is 5.32 Å². The molecule has 0 unspecified atom stereocenters. The SMILES string of the molecule is Oc1ccc(Br)cc1[C@H]1CC(c2ccc3c(c2)OCO3)=N[C@H](c2ccc(Br)cc2)N1. The van der Waals surface area contributed by atoms with Gasteiger partial charge in [0.05, 0.1) is 0 Å². The lowest BCUT2D eigenvalue weighted by atomic mass is 9.93. The molecule has 3 aromatic rings. The third-order valence-corrected chi connectivity index (χ3v) is 6.32. The number of ether oxygens (including phenoxy) is 2. The Morgan fingerprint density at radius 3 is 2.50 bits per heavy atom. The van der Waals surface area contributed by atoms with Crippen LogP contribution >= 0.6 is 31.9 Å². The monoisotopic (exact) mass is 528 g/mol. The molecule has 0 saturated heterocycles. The van der Waals surface area contributed by atoms with Gasteiger partial charge in [0.25, 0.3) is 0 Å². The van der Waals surface area contributed by atoms with E-state index in [2.05, 4.69) is 37.2 Å². The zero-order chi connectivity index (χ0) is 20.7. The molecule has 2 atom stereocenters. The molecule has 0 aromatic heterocycles. The average Bonchev–Trinajstić information content (AvgIpc) is 3.23. The van der Waals surface area contributed by atoms with E-state index in [4.69, 9.17) is 14.5 Å². The van der Waals surface area contributed by atoms with E-state index in [1.807, 2.05) is 54.6 Å². The van der Waals surface area contributed by atoms with E-state index in [-0.39, 0.29) is 24.8 Å². The molecule has 0 saturated carbocycles. The number of phenolic OH excluding ortho intramolecular Hbond substituents is 1. The number of fused-ring (bicyclic) bond motifs is 1. The molecular weight excluding hydrogens is 512 g/mol. The highest BCUT2D eigenvalue weighted by molar-refractivity contribution is 9.10. The zero-order valence-corrected chi connectivity index (χ0v) is 19.0. The van der Waals surface area contributed by atoms with Crippen molar-refractivity contribution in [2.75, 3.05) is 6.79 Å². The Morgan fingerprint density at radius 2 is 1.67 bits per heavy atom. The molecule has 5 nitrogen and oxygen atoms in total. The van der Waals surface area contributed by atoms with Crippen LogP contribution in [0.4, 0.5) is 0 Å². The molecule has 3 aromatic carbocycles. The summed E-state index contributed by atoms with van der Waals surface area (Å²) in [7, 11) is 0. The largest absolute Gasteiger partial charge is 0.508 e. The van der Waals surface area contributed by atoms with Gasteiger partial charge in [0.2, 0.25) is 6.79 Å². The van der Waals surface area contributed by atoms with Crippen LogP contribution in [0.25, 0.3) is 0 Å². The highest BCUT2D eigenvalue weighted by Crippen LogP contribution is 2.38. The van der Waals surface area contributed by atoms with Crippen LogP contribution < -0.4 is 14.8 Å². The number of halogens is 2. The summed E-state index contributed by atoms with van der Waals surface area (Å²) < 4.78 is 12.9. The molecule has 5 rings (SSSR count). The number of aliphatic imine (C=N–C) groups is 1. The summed E-state index contributed by atoms with van der Waals surface area (Å²) in [6.07, 6.45) is 0.395. The number of phenols is 1. The fraction of sp³-hybridized carbons (Fsp3) is 0.174. The van der Waals surface area contributed by atoms with Crippen LogP contribution in [0.1, 0.15) is 35.3 Å². The van der Waals surface area contributed by atoms with Gasteiger partial charge in [-0.2, -0.15) is 0 Å². The summed E-state index contributed by atoms with van der Waals surface area (Å²) in [4.78, 5) is 5.01. The topological polar surface area (TPSA) is 63.1 Å². The van der Waals surface area contributed by atoms with Crippen LogP contribution in [-0.4, -0.2) is 17.6 Å². The lowest BCUT2D eigenvalue weighted by Gasteiger charge is -2.31. The Bertz CT molecular complexity index is 1130. The van der Waals surface area contributed by atoms with Crippen molar-refractivity contribution in [3.63, 3.8) is 0 Å². The highest BCUT2D eigenvalue weighted by atomic mass is 79.9. The number of hydrogen-bond donors (Lipinski definition) is 2. The van der Waals surface area contributed by atoms with Gasteiger partial charge in [0.15, 0.2) is 11.5 Å². The van der Waals surface area contributed by atoms with Crippen molar-refractivity contribution >= 4 is 37.6 Å². The molecule has 0 fully saturated rings. The Morgan fingerprint density at radius 1 is 0.900 bits per heavy atom. The molecule has 2 aliphatic heterocycles. The number of benzene rings is 3. The minimum Gasteiger partial charge on any atom is -0.508 e. The number of hydrogen-bond acceptors (Lipinski definition) is 5. The number of rotatable bonds is 3. The molecule has 0 spiro atoms. The first-order chi connectivity index (χ1) is 14.6. The Balaban J connectivity index is 1.56. The van der Waals surface area contributed by atoms with E-state index in [0.717, 1.165) is 42.8 Å². The van der Waals surface area contributed by atoms with E-state index in [1.165, 1.54) is 0 Å². The van der Waals surface area contributed by atoms with E-state index in [1.54, 1.807) is 6.07 Å². The van der Waals surface area contributed by atoms with Crippen molar-refractivity contribution in [3.8, 4) is 17.2 Å². The molecule has 152 valence electrons. The first-order valence-corrected chi connectivity index (χ1v) is 11.1. The Hall–Kier alpha value is -2.35. The maximum Gasteiger partial charge on any atom is 0.231 e. The standard InChI is InChI=1S/C23H18Br2N2O3/c24-15-4-1-13(2-5-15)23-26-18(14-3-8-21-22(9-14)30-12-29-21)11-19(27-23)17-10-16(25)6-7-20(17)28/h1-10,19,23,27-28H,11-12H2/t19-,23+/m1/s1. The van der Waals surface area contributed by atoms with E-state index >= 15 is 0 Å². The zero-order valence-electron chi connectivity index (χ0n) is 15.8. The quantitative estimate of drug-likeness (QED) is 0.445. The van der Waals surface area contributed by atoms with Crippen molar-refractivity contribution < 1.29 is 14.6 Å². The summed E-state index contributed by atoms with van der Waals surface area (Å²) in [5, 5.41) is 14.1. The predicted molar refractivity (Wildman–Crippen MR) is 122 cm³/mol. The van der Waals surface area contributed by atoms with Gasteiger partial charge in [-0.25, -0.2) is 0 Å². The lowest BCUT2D eigenvalue weighted by Crippen LogP contribution is -2.33. The summed E-state index contributed by atoms with van der Waals surface area (Å²) in [6, 6.07) is 19.4. The van der Waals surface area contributed by atoms with Gasteiger partial charge < -0.3 is 14.6 Å². The second-order valence-corrected chi connectivity index (χ2v) is 9.06. The molecule has 2 N–H and O–H groups in total. The van der Waals surface area contributed by atoms with Crippen molar-refractivity contribution in [2.24, 2.45) is 4.99 Å². The average molecular weight is 530 g/mol. The first-order valence-electron chi connectivity index (χ1n) is 9.53. The fourth-order valence-corrected chi connectivity index (χ4v) is 4.42. The van der Waals surface area contributed by atoms with Gasteiger partial charge in [0, 0.05) is 32.7 Å². The predicted octanol–water partition coefficient (Wildman–Crippen LogP) is 5.87. The summed E-state index contributed by atoms with van der Waals surface area (Å²) in [6.45, 7) is 0.239. The first kappa shape index (κ1) is 19.6. The second kappa shape index (κ2) is 8.06. The molecule has 0 bridgehead atoms. The van der Waals surface area contributed by atoms with Crippen LogP contribution in [0.2, 0.25) is 0 Å². The third kappa shape index (κ3) is 3.85. The van der Waals surface area contributed by atoms with Gasteiger partial charge >= 0.3 is 0 Å². The molecule has 2 heterocycles. The minimum atomic E-state index is -0.240. The van der Waals surface area contributed by atoms with Crippen LogP contribution in [0.3, 0.4) is 0 Å². The lowest BCUT2D eigenvalue weighted by molar-refractivity contribution is 0.174. The maximum absolute atomic E-state index is 10.5. The van der Waals surface area contributed by atoms with Crippen molar-refractivity contribution in [1.29, 1.82) is 0 Å². The van der Waals surface area contributed by atoms with Crippen molar-refractivity contribution in [2.45, 2.75) is 18.6 Å². The molecule has 0 amide bonds. The number of aromatic hydroxyl groups is 1. The van der Waals surface area contributed by atoms with Gasteiger partial charge in [-0.05, 0) is 59.7 Å². The Labute approximate surface area is 191 Å². The second-order valence-electron chi connectivity index (χ2n) is 7.22. The minimum absolute atomic E-state index is 0.103. The smallest absolute Gasteiger partial charge is 0.231 e. The Kier molecular flexibility index (Phi) is 5.26. The maximum atomic E-state index is 10.5. The van der Waals surface area contributed by atoms with Crippen LogP contribution in [0.15, 0.2) is 74.6 Å². The summed E-state index contributed by atoms with van der Waals surface area (Å²) >= 11 is 7.01. The van der Waals surface area contributed by atoms with E-state index in [9.17, 15) is 5.11 Å². The molecule has 0 aliphatic carbocycles. The number of nitrogens with zero attached hydrogens (tertiary/aromatic N) is 1. The number of nitrogens with one attached hydrogen (secondary N) is 1. The molecular formula is C23H18Br2N2O3. The normalized spacial score (nSPS) is 20.1. The molecule has 2 aliphatic rings.